The van der Waals surface area contributed by atoms with Crippen molar-refractivity contribution in [3.63, 3.8) is 0 Å². The van der Waals surface area contributed by atoms with Gasteiger partial charge in [0.05, 0.1) is 25.6 Å². The number of carbonyl (C=O) groups is 1. The van der Waals surface area contributed by atoms with Crippen molar-refractivity contribution in [3.8, 4) is 17.2 Å². The van der Waals surface area contributed by atoms with Crippen LogP contribution in [0.15, 0.2) is 59.5 Å². The number of methoxy groups -OCH3 is 2. The third kappa shape index (κ3) is 4.09. The van der Waals surface area contributed by atoms with Crippen molar-refractivity contribution in [2.75, 3.05) is 19.5 Å². The minimum atomic E-state index is -0.663. The molecule has 27 heavy (non-hydrogen) atoms. The van der Waals surface area contributed by atoms with Crippen molar-refractivity contribution in [3.05, 3.63) is 75.7 Å². The molecule has 3 aromatic rings. The van der Waals surface area contributed by atoms with E-state index in [2.05, 4.69) is 10.4 Å². The van der Waals surface area contributed by atoms with Crippen LogP contribution < -0.4 is 20.2 Å². The lowest BCUT2D eigenvalue weighted by atomic mass is 10.2. The van der Waals surface area contributed by atoms with E-state index in [1.54, 1.807) is 43.5 Å². The second kappa shape index (κ2) is 7.92. The molecule has 0 bridgehead atoms. The van der Waals surface area contributed by atoms with E-state index in [1.165, 1.54) is 30.1 Å². The number of aromatic nitrogens is 2. The Morgan fingerprint density at radius 2 is 1.81 bits per heavy atom. The van der Waals surface area contributed by atoms with Gasteiger partial charge in [0.2, 0.25) is 5.43 Å². The lowest BCUT2D eigenvalue weighted by molar-refractivity contribution is 0.101. The van der Waals surface area contributed by atoms with E-state index in [9.17, 15) is 9.59 Å². The third-order valence-corrected chi connectivity index (χ3v) is 4.01. The fraction of sp³-hybridized carbons (Fsp3) is 0.105. The number of hydrogen-bond donors (Lipinski definition) is 1. The Morgan fingerprint density at radius 3 is 2.48 bits per heavy atom. The fourth-order valence-corrected chi connectivity index (χ4v) is 2.58. The van der Waals surface area contributed by atoms with E-state index in [0.29, 0.717) is 27.9 Å². The molecule has 1 heterocycles. The molecular weight excluding hydrogens is 370 g/mol. The number of benzene rings is 2. The van der Waals surface area contributed by atoms with E-state index < -0.39 is 11.3 Å². The zero-order valence-corrected chi connectivity index (χ0v) is 15.4. The number of nitrogens with one attached hydrogen (secondary N) is 1. The van der Waals surface area contributed by atoms with Gasteiger partial charge in [-0.1, -0.05) is 11.6 Å². The number of halogens is 1. The minimum Gasteiger partial charge on any atom is -0.497 e. The SMILES string of the molecule is COc1ccc(-n2ccc(=O)c(C(=O)Nc3cc(Cl)ccc3OC)n2)cc1. The lowest BCUT2D eigenvalue weighted by Crippen LogP contribution is -2.25. The molecule has 3 rings (SSSR count). The van der Waals surface area contributed by atoms with Gasteiger partial charge in [0.15, 0.2) is 5.69 Å². The summed E-state index contributed by atoms with van der Waals surface area (Å²) in [5, 5.41) is 7.18. The maximum Gasteiger partial charge on any atom is 0.280 e. The van der Waals surface area contributed by atoms with Crippen LogP contribution in [0, 0.1) is 0 Å². The largest absolute Gasteiger partial charge is 0.497 e. The number of ether oxygens (including phenoxy) is 2. The second-order valence-corrected chi connectivity index (χ2v) is 5.91. The van der Waals surface area contributed by atoms with Gasteiger partial charge in [-0.05, 0) is 42.5 Å². The first-order chi connectivity index (χ1) is 13.0. The predicted octanol–water partition coefficient (Wildman–Crippen LogP) is 3.16. The third-order valence-electron chi connectivity index (χ3n) is 3.77. The molecule has 7 nitrogen and oxygen atoms in total. The minimum absolute atomic E-state index is 0.254. The number of carbonyl (C=O) groups excluding carboxylic acids is 1. The molecule has 138 valence electrons. The molecule has 0 aliphatic carbocycles. The van der Waals surface area contributed by atoms with Crippen LogP contribution >= 0.6 is 11.6 Å². The Morgan fingerprint density at radius 1 is 1.07 bits per heavy atom. The molecule has 1 N–H and O–H groups in total. The second-order valence-electron chi connectivity index (χ2n) is 5.47. The molecule has 1 aromatic heterocycles. The van der Waals surface area contributed by atoms with Gasteiger partial charge in [0.25, 0.3) is 5.91 Å². The van der Waals surface area contributed by atoms with Crippen molar-refractivity contribution in [1.29, 1.82) is 0 Å². The first-order valence-electron chi connectivity index (χ1n) is 7.91. The fourth-order valence-electron chi connectivity index (χ4n) is 2.40. The zero-order chi connectivity index (χ0) is 19.4. The Balaban J connectivity index is 1.93. The number of rotatable bonds is 5. The summed E-state index contributed by atoms with van der Waals surface area (Å²) in [5.74, 6) is 0.438. The molecule has 0 spiro atoms. The summed E-state index contributed by atoms with van der Waals surface area (Å²) >= 11 is 5.97. The van der Waals surface area contributed by atoms with Crippen LogP contribution in [-0.2, 0) is 0 Å². The van der Waals surface area contributed by atoms with Gasteiger partial charge in [-0.2, -0.15) is 5.10 Å². The molecule has 0 unspecified atom stereocenters. The molecular formula is C19H16ClN3O4. The number of amides is 1. The Labute approximate surface area is 160 Å². The molecule has 0 fully saturated rings. The molecule has 0 radical (unpaired) electrons. The number of nitrogens with zero attached hydrogens (tertiary/aromatic N) is 2. The number of anilines is 1. The summed E-state index contributed by atoms with van der Waals surface area (Å²) in [7, 11) is 3.04. The van der Waals surface area contributed by atoms with E-state index >= 15 is 0 Å². The lowest BCUT2D eigenvalue weighted by Gasteiger charge is -2.11. The van der Waals surface area contributed by atoms with Gasteiger partial charge in [0.1, 0.15) is 11.5 Å². The van der Waals surface area contributed by atoms with Crippen LogP contribution in [0.4, 0.5) is 5.69 Å². The molecule has 0 saturated carbocycles. The summed E-state index contributed by atoms with van der Waals surface area (Å²) in [5.41, 5.74) is 0.259. The highest BCUT2D eigenvalue weighted by Gasteiger charge is 2.16. The van der Waals surface area contributed by atoms with E-state index in [4.69, 9.17) is 21.1 Å². The molecule has 8 heteroatoms. The van der Waals surface area contributed by atoms with Gasteiger partial charge in [-0.25, -0.2) is 4.68 Å². The predicted molar refractivity (Wildman–Crippen MR) is 102 cm³/mol. The standard InChI is InChI=1S/C19H16ClN3O4/c1-26-14-6-4-13(5-7-14)23-10-9-16(24)18(22-23)19(25)21-15-11-12(20)3-8-17(15)27-2/h3-11H,1-2H3,(H,21,25). The summed E-state index contributed by atoms with van der Waals surface area (Å²) < 4.78 is 11.7. The molecule has 0 saturated heterocycles. The van der Waals surface area contributed by atoms with Crippen molar-refractivity contribution in [2.45, 2.75) is 0 Å². The van der Waals surface area contributed by atoms with E-state index in [0.717, 1.165) is 0 Å². The molecule has 0 atom stereocenters. The highest BCUT2D eigenvalue weighted by Crippen LogP contribution is 2.27. The Hall–Kier alpha value is -3.32. The van der Waals surface area contributed by atoms with Crippen molar-refractivity contribution in [2.24, 2.45) is 0 Å². The Kier molecular flexibility index (Phi) is 5.42. The van der Waals surface area contributed by atoms with Crippen LogP contribution in [-0.4, -0.2) is 29.9 Å². The van der Waals surface area contributed by atoms with Crippen molar-refractivity contribution >= 4 is 23.2 Å². The van der Waals surface area contributed by atoms with Crippen LogP contribution in [0.25, 0.3) is 5.69 Å². The van der Waals surface area contributed by atoms with E-state index in [-0.39, 0.29) is 5.69 Å². The zero-order valence-electron chi connectivity index (χ0n) is 14.6. The maximum absolute atomic E-state index is 12.6. The molecule has 0 aliphatic rings. The van der Waals surface area contributed by atoms with Crippen LogP contribution in [0.2, 0.25) is 5.02 Å². The first-order valence-corrected chi connectivity index (χ1v) is 8.29. The van der Waals surface area contributed by atoms with Crippen LogP contribution in [0.3, 0.4) is 0 Å². The summed E-state index contributed by atoms with van der Waals surface area (Å²) in [6.45, 7) is 0. The van der Waals surface area contributed by atoms with Gasteiger partial charge in [-0.3, -0.25) is 9.59 Å². The van der Waals surface area contributed by atoms with Gasteiger partial charge >= 0.3 is 0 Å². The van der Waals surface area contributed by atoms with Crippen molar-refractivity contribution in [1.82, 2.24) is 9.78 Å². The van der Waals surface area contributed by atoms with Crippen LogP contribution in [0.5, 0.6) is 11.5 Å². The quantitative estimate of drug-likeness (QED) is 0.729. The molecule has 2 aromatic carbocycles. The monoisotopic (exact) mass is 385 g/mol. The normalized spacial score (nSPS) is 10.3. The molecule has 0 aliphatic heterocycles. The molecule has 1 amide bonds. The van der Waals surface area contributed by atoms with Crippen LogP contribution in [0.1, 0.15) is 10.5 Å². The maximum atomic E-state index is 12.6. The Bertz CT molecular complexity index is 1030. The topological polar surface area (TPSA) is 82.5 Å². The van der Waals surface area contributed by atoms with Gasteiger partial charge in [-0.15, -0.1) is 0 Å². The van der Waals surface area contributed by atoms with Gasteiger partial charge < -0.3 is 14.8 Å². The smallest absolute Gasteiger partial charge is 0.280 e. The average Bonchev–Trinajstić information content (AvgIpc) is 2.68. The number of hydrogen-bond acceptors (Lipinski definition) is 5. The summed E-state index contributed by atoms with van der Waals surface area (Å²) in [6.07, 6.45) is 1.49. The highest BCUT2D eigenvalue weighted by molar-refractivity contribution is 6.31. The average molecular weight is 386 g/mol. The first kappa shape index (κ1) is 18.5. The van der Waals surface area contributed by atoms with Crippen molar-refractivity contribution < 1.29 is 14.3 Å². The summed E-state index contributed by atoms with van der Waals surface area (Å²) in [4.78, 5) is 24.7. The summed E-state index contributed by atoms with van der Waals surface area (Å²) in [6, 6.07) is 13.1. The van der Waals surface area contributed by atoms with E-state index in [1.807, 2.05) is 0 Å². The highest BCUT2D eigenvalue weighted by atomic mass is 35.5. The van der Waals surface area contributed by atoms with Gasteiger partial charge in [0, 0.05) is 17.3 Å².